The van der Waals surface area contributed by atoms with Gasteiger partial charge < -0.3 is 28.8 Å². The van der Waals surface area contributed by atoms with Crippen LogP contribution >= 0.6 is 0 Å². The lowest BCUT2D eigenvalue weighted by Crippen LogP contribution is -2.61. The van der Waals surface area contributed by atoms with Gasteiger partial charge in [-0.15, -0.1) is 0 Å². The maximum Gasteiger partial charge on any atom is 0.303 e. The second-order valence-electron chi connectivity index (χ2n) is 8.26. The van der Waals surface area contributed by atoms with Crippen molar-refractivity contribution in [3.05, 3.63) is 108 Å². The van der Waals surface area contributed by atoms with Crippen LogP contribution in [0.4, 0.5) is 0 Å². The monoisotopic (exact) mass is 495 g/mol. The van der Waals surface area contributed by atoms with Gasteiger partial charge in [-0.25, -0.2) is 0 Å². The van der Waals surface area contributed by atoms with Crippen molar-refractivity contribution in [2.45, 2.75) is 57.4 Å². The molecule has 7 heteroatoms. The van der Waals surface area contributed by atoms with E-state index in [-0.39, 0.29) is 6.61 Å². The van der Waals surface area contributed by atoms with Crippen molar-refractivity contribution in [1.29, 1.82) is 0 Å². The molecule has 190 valence electrons. The lowest BCUT2D eigenvalue weighted by molar-refractivity contribution is -0.309. The van der Waals surface area contributed by atoms with Crippen molar-refractivity contribution in [2.24, 2.45) is 0 Å². The van der Waals surface area contributed by atoms with Gasteiger partial charge in [0, 0.05) is 6.92 Å². The molecule has 0 saturated carbocycles. The van der Waals surface area contributed by atoms with Crippen LogP contribution in [-0.4, -0.2) is 48.4 Å². The third-order valence-corrected chi connectivity index (χ3v) is 5.51. The summed E-state index contributed by atoms with van der Waals surface area (Å²) < 4.78 is 54.8. The Kier molecular flexibility index (Phi) is 8.18. The summed E-state index contributed by atoms with van der Waals surface area (Å²) >= 11 is 0. The smallest absolute Gasteiger partial charge is 0.303 e. The second-order valence-corrected chi connectivity index (χ2v) is 8.26. The Hall–Kier alpha value is -3.07. The van der Waals surface area contributed by atoms with Crippen LogP contribution in [0.5, 0.6) is 0 Å². The lowest BCUT2D eigenvalue weighted by Gasteiger charge is -2.44. The molecule has 7 nitrogen and oxygen atoms in total. The first-order valence-electron chi connectivity index (χ1n) is 13.4. The SMILES string of the molecule is [2H]C(OC[C@H]1OC(O)[C@@H](OC(C)=O)[C@@H](OC([2H])c2ccccc2)[C@@H]1OC([2H])c1ccccc1)c1ccccc1. The molecule has 1 saturated heterocycles. The molecular weight excluding hydrogens is 460 g/mol. The van der Waals surface area contributed by atoms with Crippen LogP contribution in [0.1, 0.15) is 27.7 Å². The van der Waals surface area contributed by atoms with Crippen molar-refractivity contribution >= 4 is 5.97 Å². The van der Waals surface area contributed by atoms with Gasteiger partial charge in [-0.05, 0) is 16.7 Å². The molecule has 4 unspecified atom stereocenters. The fourth-order valence-electron chi connectivity index (χ4n) is 3.81. The molecule has 36 heavy (non-hydrogen) atoms. The zero-order chi connectivity index (χ0) is 27.8. The van der Waals surface area contributed by atoms with Gasteiger partial charge >= 0.3 is 5.97 Å². The highest BCUT2D eigenvalue weighted by molar-refractivity contribution is 5.66. The number of ether oxygens (including phenoxy) is 5. The number of benzene rings is 3. The van der Waals surface area contributed by atoms with E-state index in [0.29, 0.717) is 16.7 Å². The first-order valence-corrected chi connectivity index (χ1v) is 11.7. The predicted molar refractivity (Wildman–Crippen MR) is 133 cm³/mol. The quantitative estimate of drug-likeness (QED) is 0.402. The molecule has 3 aromatic rings. The largest absolute Gasteiger partial charge is 0.454 e. The van der Waals surface area contributed by atoms with E-state index in [4.69, 9.17) is 27.8 Å². The number of aliphatic hydroxyl groups excluding tert-OH is 1. The normalized spacial score (nSPS) is 27.6. The highest BCUT2D eigenvalue weighted by Gasteiger charge is 2.49. The minimum absolute atomic E-state index is 0.201. The zero-order valence-corrected chi connectivity index (χ0v) is 19.9. The van der Waals surface area contributed by atoms with Gasteiger partial charge in [-0.3, -0.25) is 4.79 Å². The summed E-state index contributed by atoms with van der Waals surface area (Å²) in [4.78, 5) is 11.9. The van der Waals surface area contributed by atoms with Crippen molar-refractivity contribution in [3.63, 3.8) is 0 Å². The van der Waals surface area contributed by atoms with Crippen molar-refractivity contribution in [2.75, 3.05) is 6.61 Å². The number of hydrogen-bond acceptors (Lipinski definition) is 7. The average Bonchev–Trinajstić information content (AvgIpc) is 2.96. The van der Waals surface area contributed by atoms with E-state index < -0.39 is 56.4 Å². The fourth-order valence-corrected chi connectivity index (χ4v) is 3.81. The number of hydrogen-bond donors (Lipinski definition) is 1. The summed E-state index contributed by atoms with van der Waals surface area (Å²) in [5, 5.41) is 10.8. The predicted octanol–water partition coefficient (Wildman–Crippen LogP) is 4.02. The third-order valence-electron chi connectivity index (χ3n) is 5.51. The summed E-state index contributed by atoms with van der Waals surface area (Å²) in [5.41, 5.74) is 1.71. The first-order chi connectivity index (χ1) is 18.8. The Morgan fingerprint density at radius 3 is 1.75 bits per heavy atom. The van der Waals surface area contributed by atoms with Crippen LogP contribution in [0.15, 0.2) is 91.0 Å². The molecule has 0 aliphatic carbocycles. The number of aliphatic hydroxyl groups is 1. The van der Waals surface area contributed by atoms with Gasteiger partial charge in [0.25, 0.3) is 0 Å². The van der Waals surface area contributed by atoms with E-state index in [1.54, 1.807) is 72.8 Å². The summed E-state index contributed by atoms with van der Waals surface area (Å²) in [6.07, 6.45) is -6.30. The van der Waals surface area contributed by atoms with Crippen LogP contribution in [0.2, 0.25) is 0 Å². The van der Waals surface area contributed by atoms with Crippen LogP contribution in [0.25, 0.3) is 0 Å². The Balaban J connectivity index is 1.63. The standard InChI is InChI=1S/C29H32O7/c1-21(30)35-28-27(34-19-24-15-9-4-10-16-24)26(33-18-23-13-7-3-8-14-23)25(36-29(28)31)20-32-17-22-11-5-2-6-12-22/h2-16,25-29,31H,17-20H2,1H3/t25-,26-,27+,28+,29?/m1/s1/i17D,18D,19D/t17?,18?,19?,25-,26-,27+,28+,29?. The Bertz CT molecular complexity index is 1160. The van der Waals surface area contributed by atoms with Gasteiger partial charge in [-0.1, -0.05) is 91.0 Å². The molecule has 4 rings (SSSR count). The summed E-state index contributed by atoms with van der Waals surface area (Å²) in [6, 6.07) is 26.5. The minimum Gasteiger partial charge on any atom is -0.454 e. The molecule has 0 radical (unpaired) electrons. The van der Waals surface area contributed by atoms with Crippen LogP contribution in [0, 0.1) is 0 Å². The van der Waals surface area contributed by atoms with Gasteiger partial charge in [0.15, 0.2) is 12.4 Å². The van der Waals surface area contributed by atoms with E-state index in [9.17, 15) is 9.90 Å². The molecule has 1 aliphatic heterocycles. The van der Waals surface area contributed by atoms with Crippen LogP contribution in [0.3, 0.4) is 0 Å². The highest BCUT2D eigenvalue weighted by Crippen LogP contribution is 2.29. The molecule has 0 amide bonds. The van der Waals surface area contributed by atoms with Crippen LogP contribution in [-0.2, 0) is 48.2 Å². The molecule has 3 aromatic carbocycles. The van der Waals surface area contributed by atoms with Crippen molar-refractivity contribution in [3.8, 4) is 0 Å². The molecular formula is C29H32O7. The van der Waals surface area contributed by atoms with Gasteiger partial charge in [-0.2, -0.15) is 0 Å². The molecule has 0 bridgehead atoms. The van der Waals surface area contributed by atoms with Gasteiger partial charge in [0.1, 0.15) is 18.3 Å². The number of carbonyl (C=O) groups excluding carboxylic acids is 1. The van der Waals surface area contributed by atoms with Gasteiger partial charge in [0.05, 0.1) is 30.5 Å². The minimum atomic E-state index is -1.63. The molecule has 0 aromatic heterocycles. The fraction of sp³-hybridized carbons (Fsp3) is 0.345. The summed E-state index contributed by atoms with van der Waals surface area (Å²) in [7, 11) is 0. The number of carbonyl (C=O) groups is 1. The van der Waals surface area contributed by atoms with E-state index in [1.165, 1.54) is 6.92 Å². The van der Waals surface area contributed by atoms with E-state index in [2.05, 4.69) is 0 Å². The van der Waals surface area contributed by atoms with Crippen LogP contribution < -0.4 is 0 Å². The molecule has 1 aliphatic rings. The molecule has 1 heterocycles. The second kappa shape index (κ2) is 13.3. The zero-order valence-electron chi connectivity index (χ0n) is 22.9. The van der Waals surface area contributed by atoms with Crippen molar-refractivity contribution < 1.29 is 37.7 Å². The summed E-state index contributed by atoms with van der Waals surface area (Å²) in [5.74, 6) is -0.688. The van der Waals surface area contributed by atoms with E-state index in [1.807, 2.05) is 18.2 Å². The van der Waals surface area contributed by atoms with Gasteiger partial charge in [0.2, 0.25) is 0 Å². The lowest BCUT2D eigenvalue weighted by atomic mass is 9.98. The highest BCUT2D eigenvalue weighted by atomic mass is 16.7. The maximum atomic E-state index is 11.9. The Labute approximate surface area is 215 Å². The third kappa shape index (κ3) is 7.46. The molecule has 8 atom stereocenters. The number of rotatable bonds is 11. The average molecular weight is 496 g/mol. The molecule has 1 N–H and O–H groups in total. The van der Waals surface area contributed by atoms with Crippen molar-refractivity contribution in [1.82, 2.24) is 0 Å². The Morgan fingerprint density at radius 2 is 1.25 bits per heavy atom. The molecule has 1 fully saturated rings. The van der Waals surface area contributed by atoms with E-state index >= 15 is 0 Å². The topological polar surface area (TPSA) is 83.5 Å². The number of esters is 1. The Morgan fingerprint density at radius 1 is 0.778 bits per heavy atom. The summed E-state index contributed by atoms with van der Waals surface area (Å²) in [6.45, 7) is -2.48. The molecule has 0 spiro atoms. The first kappa shape index (κ1) is 22.2. The van der Waals surface area contributed by atoms with E-state index in [0.717, 1.165) is 0 Å². The maximum absolute atomic E-state index is 11.9.